The third-order valence-electron chi connectivity index (χ3n) is 2.83. The van der Waals surface area contributed by atoms with Crippen molar-refractivity contribution in [3.63, 3.8) is 0 Å². The summed E-state index contributed by atoms with van der Waals surface area (Å²) in [7, 11) is 0. The highest BCUT2D eigenvalue weighted by molar-refractivity contribution is 5.68. The van der Waals surface area contributed by atoms with Crippen LogP contribution in [0.1, 0.15) is 40.5 Å². The summed E-state index contributed by atoms with van der Waals surface area (Å²) in [6.07, 6.45) is 1.75. The number of anilines is 1. The topological polar surface area (TPSA) is 64.4 Å². The molecule has 0 aliphatic rings. The number of hydrogen-bond donors (Lipinski definition) is 1. The van der Waals surface area contributed by atoms with Gasteiger partial charge in [0.15, 0.2) is 5.75 Å². The number of nitro groups is 1. The fourth-order valence-electron chi connectivity index (χ4n) is 1.75. The minimum absolute atomic E-state index is 0.0230. The maximum Gasteiger partial charge on any atom is 0.333 e. The number of nitrogens with zero attached hydrogens (tertiary/aromatic N) is 1. The number of nitro benzene ring substituents is 1. The Morgan fingerprint density at radius 1 is 1.35 bits per heavy atom. The second kappa shape index (κ2) is 7.12. The first kappa shape index (κ1) is 16.3. The molecule has 0 unspecified atom stereocenters. The van der Waals surface area contributed by atoms with Gasteiger partial charge in [-0.3, -0.25) is 10.1 Å². The van der Waals surface area contributed by atoms with Crippen LogP contribution in [0.5, 0.6) is 5.75 Å². The number of para-hydroxylation sites is 1. The molecular weight excluding hydrogens is 256 g/mol. The van der Waals surface area contributed by atoms with Gasteiger partial charge < -0.3 is 10.1 Å². The van der Waals surface area contributed by atoms with Crippen LogP contribution in [-0.4, -0.2) is 18.1 Å². The van der Waals surface area contributed by atoms with E-state index in [-0.39, 0.29) is 16.0 Å². The van der Waals surface area contributed by atoms with E-state index in [1.54, 1.807) is 18.2 Å². The standard InChI is InChI=1S/C15H24N2O3/c1-5-11-20-13-8-6-7-12(14(13)17(18)19)16-10-9-15(2,3)4/h6-8,16H,5,9-11H2,1-4H3. The van der Waals surface area contributed by atoms with E-state index in [9.17, 15) is 10.1 Å². The molecule has 0 saturated carbocycles. The molecule has 0 bridgehead atoms. The summed E-state index contributed by atoms with van der Waals surface area (Å²) in [5, 5.41) is 14.4. The monoisotopic (exact) mass is 280 g/mol. The first-order valence-corrected chi connectivity index (χ1v) is 6.99. The van der Waals surface area contributed by atoms with Crippen molar-refractivity contribution in [2.75, 3.05) is 18.5 Å². The first-order chi connectivity index (χ1) is 9.35. The molecular formula is C15H24N2O3. The van der Waals surface area contributed by atoms with E-state index in [1.807, 2.05) is 6.92 Å². The molecule has 1 rings (SSSR count). The molecule has 1 N–H and O–H groups in total. The molecule has 0 aliphatic heterocycles. The number of rotatable bonds is 7. The fraction of sp³-hybridized carbons (Fsp3) is 0.600. The van der Waals surface area contributed by atoms with Crippen molar-refractivity contribution in [1.29, 1.82) is 0 Å². The Bertz CT molecular complexity index is 453. The lowest BCUT2D eigenvalue weighted by atomic mass is 9.92. The van der Waals surface area contributed by atoms with E-state index in [2.05, 4.69) is 26.1 Å². The smallest absolute Gasteiger partial charge is 0.333 e. The number of ether oxygens (including phenoxy) is 1. The molecule has 20 heavy (non-hydrogen) atoms. The van der Waals surface area contributed by atoms with E-state index in [0.717, 1.165) is 12.8 Å². The highest BCUT2D eigenvalue weighted by Crippen LogP contribution is 2.35. The molecule has 5 nitrogen and oxygen atoms in total. The highest BCUT2D eigenvalue weighted by Gasteiger charge is 2.21. The number of nitrogens with one attached hydrogen (secondary N) is 1. The molecule has 0 heterocycles. The average molecular weight is 280 g/mol. The second-order valence-electron chi connectivity index (χ2n) is 6.00. The summed E-state index contributed by atoms with van der Waals surface area (Å²) in [4.78, 5) is 10.9. The first-order valence-electron chi connectivity index (χ1n) is 6.99. The van der Waals surface area contributed by atoms with Crippen molar-refractivity contribution >= 4 is 11.4 Å². The van der Waals surface area contributed by atoms with Crippen molar-refractivity contribution in [3.8, 4) is 5.75 Å². The third kappa shape index (κ3) is 5.07. The third-order valence-corrected chi connectivity index (χ3v) is 2.83. The lowest BCUT2D eigenvalue weighted by molar-refractivity contribution is -0.385. The molecule has 0 aliphatic carbocycles. The van der Waals surface area contributed by atoms with Gasteiger partial charge in [-0.2, -0.15) is 0 Å². The predicted molar refractivity (Wildman–Crippen MR) is 81.4 cm³/mol. The lowest BCUT2D eigenvalue weighted by Crippen LogP contribution is -2.13. The van der Waals surface area contributed by atoms with Gasteiger partial charge in [0.2, 0.25) is 0 Å². The van der Waals surface area contributed by atoms with E-state index in [4.69, 9.17) is 4.74 Å². The Kier molecular flexibility index (Phi) is 5.80. The highest BCUT2D eigenvalue weighted by atomic mass is 16.6. The molecule has 0 spiro atoms. The molecule has 112 valence electrons. The van der Waals surface area contributed by atoms with Crippen LogP contribution in [0.4, 0.5) is 11.4 Å². The van der Waals surface area contributed by atoms with E-state index < -0.39 is 0 Å². The zero-order valence-corrected chi connectivity index (χ0v) is 12.7. The molecule has 0 fully saturated rings. The van der Waals surface area contributed by atoms with Crippen LogP contribution in [0.3, 0.4) is 0 Å². The number of hydrogen-bond acceptors (Lipinski definition) is 4. The van der Waals surface area contributed by atoms with Crippen molar-refractivity contribution in [2.24, 2.45) is 5.41 Å². The van der Waals surface area contributed by atoms with Gasteiger partial charge in [0, 0.05) is 6.54 Å². The Hall–Kier alpha value is -1.78. The minimum atomic E-state index is -0.385. The summed E-state index contributed by atoms with van der Waals surface area (Å²) in [5.74, 6) is 0.331. The molecule has 0 aromatic heterocycles. The molecule has 0 atom stereocenters. The maximum absolute atomic E-state index is 11.3. The van der Waals surface area contributed by atoms with Gasteiger partial charge in [-0.05, 0) is 30.4 Å². The van der Waals surface area contributed by atoms with Crippen LogP contribution in [-0.2, 0) is 0 Å². The molecule has 1 aromatic rings. The molecule has 0 amide bonds. The van der Waals surface area contributed by atoms with E-state index >= 15 is 0 Å². The predicted octanol–water partition coefficient (Wildman–Crippen LogP) is 4.23. The molecule has 0 radical (unpaired) electrons. The minimum Gasteiger partial charge on any atom is -0.487 e. The van der Waals surface area contributed by atoms with Crippen LogP contribution in [0, 0.1) is 15.5 Å². The summed E-state index contributed by atoms with van der Waals surface area (Å²) in [6.45, 7) is 9.57. The Balaban J connectivity index is 2.86. The van der Waals surface area contributed by atoms with Gasteiger partial charge in [0.05, 0.1) is 11.5 Å². The lowest BCUT2D eigenvalue weighted by Gasteiger charge is -2.18. The quantitative estimate of drug-likeness (QED) is 0.599. The summed E-state index contributed by atoms with van der Waals surface area (Å²) in [6, 6.07) is 5.14. The zero-order valence-electron chi connectivity index (χ0n) is 12.7. The van der Waals surface area contributed by atoms with Gasteiger partial charge >= 0.3 is 5.69 Å². The van der Waals surface area contributed by atoms with Gasteiger partial charge in [-0.1, -0.05) is 33.8 Å². The molecule has 0 saturated heterocycles. The molecule has 1 aromatic carbocycles. The van der Waals surface area contributed by atoms with E-state index in [1.165, 1.54) is 0 Å². The van der Waals surface area contributed by atoms with Crippen LogP contribution in [0.25, 0.3) is 0 Å². The van der Waals surface area contributed by atoms with Crippen molar-refractivity contribution in [3.05, 3.63) is 28.3 Å². The number of benzene rings is 1. The van der Waals surface area contributed by atoms with E-state index in [0.29, 0.717) is 24.6 Å². The van der Waals surface area contributed by atoms with Gasteiger partial charge in [-0.15, -0.1) is 0 Å². The van der Waals surface area contributed by atoms with Crippen molar-refractivity contribution in [2.45, 2.75) is 40.5 Å². The SMILES string of the molecule is CCCOc1cccc(NCCC(C)(C)C)c1[N+](=O)[O-]. The Morgan fingerprint density at radius 3 is 2.60 bits per heavy atom. The Morgan fingerprint density at radius 2 is 2.05 bits per heavy atom. The van der Waals surface area contributed by atoms with Gasteiger partial charge in [0.1, 0.15) is 5.69 Å². The second-order valence-corrected chi connectivity index (χ2v) is 6.00. The summed E-state index contributed by atoms with van der Waals surface area (Å²) >= 11 is 0. The largest absolute Gasteiger partial charge is 0.487 e. The summed E-state index contributed by atoms with van der Waals surface area (Å²) in [5.41, 5.74) is 0.737. The maximum atomic E-state index is 11.3. The van der Waals surface area contributed by atoms with Crippen LogP contribution in [0.15, 0.2) is 18.2 Å². The Labute approximate surface area is 120 Å². The normalized spacial score (nSPS) is 11.2. The molecule has 5 heteroatoms. The van der Waals surface area contributed by atoms with Gasteiger partial charge in [0.25, 0.3) is 0 Å². The zero-order chi connectivity index (χ0) is 15.2. The van der Waals surface area contributed by atoms with Crippen LogP contribution >= 0.6 is 0 Å². The van der Waals surface area contributed by atoms with Gasteiger partial charge in [-0.25, -0.2) is 0 Å². The van der Waals surface area contributed by atoms with Crippen molar-refractivity contribution < 1.29 is 9.66 Å². The van der Waals surface area contributed by atoms with Crippen LogP contribution in [0.2, 0.25) is 0 Å². The van der Waals surface area contributed by atoms with Crippen LogP contribution < -0.4 is 10.1 Å². The average Bonchev–Trinajstić information content (AvgIpc) is 2.34. The fourth-order valence-corrected chi connectivity index (χ4v) is 1.75. The van der Waals surface area contributed by atoms with Crippen molar-refractivity contribution in [1.82, 2.24) is 0 Å². The summed E-state index contributed by atoms with van der Waals surface area (Å²) < 4.78 is 5.45.